The van der Waals surface area contributed by atoms with Gasteiger partial charge in [-0.2, -0.15) is 4.98 Å². The highest BCUT2D eigenvalue weighted by Gasteiger charge is 2.35. The van der Waals surface area contributed by atoms with Gasteiger partial charge in [0.15, 0.2) is 11.4 Å². The normalized spacial score (nSPS) is 23.1. The van der Waals surface area contributed by atoms with Crippen LogP contribution in [0.5, 0.6) is 0 Å². The maximum Gasteiger partial charge on any atom is 0.296 e. The zero-order valence-corrected chi connectivity index (χ0v) is 10.9. The first-order chi connectivity index (χ1) is 9.22. The van der Waals surface area contributed by atoms with E-state index < -0.39 is 0 Å². The van der Waals surface area contributed by atoms with Crippen LogP contribution >= 0.6 is 0 Å². The summed E-state index contributed by atoms with van der Waals surface area (Å²) in [5, 5.41) is 3.30. The molecule has 0 bridgehead atoms. The van der Waals surface area contributed by atoms with Gasteiger partial charge in [0.2, 0.25) is 0 Å². The van der Waals surface area contributed by atoms with Gasteiger partial charge in [-0.05, 0) is 25.0 Å². The highest BCUT2D eigenvalue weighted by Crippen LogP contribution is 2.30. The maximum atomic E-state index is 13.6. The molecular weight excluding hydrogens is 247 g/mol. The second-order valence-electron chi connectivity index (χ2n) is 5.06. The third-order valence-electron chi connectivity index (χ3n) is 3.57. The molecule has 0 amide bonds. The van der Waals surface area contributed by atoms with E-state index in [2.05, 4.69) is 17.2 Å². The molecule has 1 atom stereocenters. The minimum Gasteiger partial charge on any atom is -0.423 e. The van der Waals surface area contributed by atoms with Crippen LogP contribution in [-0.2, 0) is 4.74 Å². The minimum absolute atomic E-state index is 0.133. The molecule has 102 valence electrons. The first-order valence-corrected chi connectivity index (χ1v) is 6.63. The summed E-state index contributed by atoms with van der Waals surface area (Å²) in [7, 11) is 0. The third kappa shape index (κ3) is 2.30. The largest absolute Gasteiger partial charge is 0.423 e. The summed E-state index contributed by atoms with van der Waals surface area (Å²) in [6.45, 7) is 3.51. The number of oxazole rings is 1. The van der Waals surface area contributed by atoms with Crippen molar-refractivity contribution in [2.24, 2.45) is 0 Å². The quantitative estimate of drug-likeness (QED) is 0.920. The number of ether oxygens (including phenoxy) is 1. The van der Waals surface area contributed by atoms with Crippen LogP contribution < -0.4 is 5.32 Å². The number of nitrogens with one attached hydrogen (secondary N) is 1. The van der Waals surface area contributed by atoms with E-state index in [0.717, 1.165) is 25.9 Å². The molecule has 1 saturated heterocycles. The number of hydrogen-bond acceptors (Lipinski definition) is 4. The van der Waals surface area contributed by atoms with E-state index in [1.807, 2.05) is 0 Å². The van der Waals surface area contributed by atoms with Crippen molar-refractivity contribution in [1.29, 1.82) is 0 Å². The Bertz CT molecular complexity index is 576. The number of aromatic nitrogens is 1. The standard InChI is InChI=1S/C14H17FN2O2/c1-2-6-14(7-8-18-9-14)17-13-16-12-10(15)4-3-5-11(12)19-13/h3-5H,2,6-9H2,1H3,(H,16,17)/t14-/m1/s1. The summed E-state index contributed by atoms with van der Waals surface area (Å²) in [4.78, 5) is 4.19. The van der Waals surface area contributed by atoms with Crippen LogP contribution in [0, 0.1) is 5.82 Å². The molecule has 0 radical (unpaired) electrons. The van der Waals surface area contributed by atoms with Crippen LogP contribution in [-0.4, -0.2) is 23.7 Å². The molecule has 0 spiro atoms. The highest BCUT2D eigenvalue weighted by molar-refractivity contribution is 5.75. The number of rotatable bonds is 4. The van der Waals surface area contributed by atoms with Gasteiger partial charge >= 0.3 is 0 Å². The van der Waals surface area contributed by atoms with Gasteiger partial charge in [0, 0.05) is 6.61 Å². The molecule has 1 fully saturated rings. The van der Waals surface area contributed by atoms with Crippen LogP contribution in [0.4, 0.5) is 10.4 Å². The fourth-order valence-electron chi connectivity index (χ4n) is 2.64. The van der Waals surface area contributed by atoms with Gasteiger partial charge in [-0.15, -0.1) is 0 Å². The lowest BCUT2D eigenvalue weighted by atomic mass is 9.93. The first-order valence-electron chi connectivity index (χ1n) is 6.63. The average molecular weight is 264 g/mol. The highest BCUT2D eigenvalue weighted by atomic mass is 19.1. The molecule has 19 heavy (non-hydrogen) atoms. The van der Waals surface area contributed by atoms with E-state index in [4.69, 9.17) is 9.15 Å². The Balaban J connectivity index is 1.89. The van der Waals surface area contributed by atoms with Gasteiger partial charge in [-0.1, -0.05) is 19.4 Å². The molecule has 1 aliphatic rings. The lowest BCUT2D eigenvalue weighted by Crippen LogP contribution is -2.38. The van der Waals surface area contributed by atoms with Crippen LogP contribution in [0.1, 0.15) is 26.2 Å². The molecule has 4 nitrogen and oxygen atoms in total. The molecule has 1 aromatic heterocycles. The zero-order valence-electron chi connectivity index (χ0n) is 10.9. The predicted molar refractivity (Wildman–Crippen MR) is 70.7 cm³/mol. The second kappa shape index (κ2) is 4.81. The molecule has 0 unspecified atom stereocenters. The Morgan fingerprint density at radius 1 is 1.47 bits per heavy atom. The van der Waals surface area contributed by atoms with Crippen molar-refractivity contribution in [3.8, 4) is 0 Å². The summed E-state index contributed by atoms with van der Waals surface area (Å²) in [6.07, 6.45) is 2.95. The van der Waals surface area contributed by atoms with Gasteiger partial charge in [-0.25, -0.2) is 4.39 Å². The predicted octanol–water partition coefficient (Wildman–Crippen LogP) is 3.34. The van der Waals surface area contributed by atoms with Crippen LogP contribution in [0.3, 0.4) is 0 Å². The summed E-state index contributed by atoms with van der Waals surface area (Å²) in [5.41, 5.74) is 0.607. The van der Waals surface area contributed by atoms with Gasteiger partial charge in [-0.3, -0.25) is 0 Å². The number of benzene rings is 1. The fourth-order valence-corrected chi connectivity index (χ4v) is 2.64. The number of para-hydroxylation sites is 1. The lowest BCUT2D eigenvalue weighted by Gasteiger charge is -2.27. The smallest absolute Gasteiger partial charge is 0.296 e. The molecule has 0 aliphatic carbocycles. The van der Waals surface area contributed by atoms with Crippen molar-refractivity contribution in [3.63, 3.8) is 0 Å². The summed E-state index contributed by atoms with van der Waals surface area (Å²) < 4.78 is 24.6. The molecular formula is C14H17FN2O2. The Kier molecular flexibility index (Phi) is 3.14. The van der Waals surface area contributed by atoms with E-state index in [0.29, 0.717) is 18.2 Å². The molecule has 1 aliphatic heterocycles. The van der Waals surface area contributed by atoms with E-state index >= 15 is 0 Å². The molecule has 1 N–H and O–H groups in total. The van der Waals surface area contributed by atoms with Crippen molar-refractivity contribution in [2.45, 2.75) is 31.7 Å². The molecule has 1 aromatic carbocycles. The van der Waals surface area contributed by atoms with Crippen LogP contribution in [0.15, 0.2) is 22.6 Å². The van der Waals surface area contributed by atoms with Crippen molar-refractivity contribution in [3.05, 3.63) is 24.0 Å². The van der Waals surface area contributed by atoms with Crippen molar-refractivity contribution >= 4 is 17.1 Å². The summed E-state index contributed by atoms with van der Waals surface area (Å²) in [5.74, 6) is -0.360. The van der Waals surface area contributed by atoms with Gasteiger partial charge in [0.25, 0.3) is 6.01 Å². The van der Waals surface area contributed by atoms with Crippen molar-refractivity contribution in [1.82, 2.24) is 4.98 Å². The van der Waals surface area contributed by atoms with Gasteiger partial charge in [0.05, 0.1) is 12.1 Å². The van der Waals surface area contributed by atoms with E-state index in [-0.39, 0.29) is 16.9 Å². The monoisotopic (exact) mass is 264 g/mol. The Morgan fingerprint density at radius 2 is 2.37 bits per heavy atom. The number of halogens is 1. The van der Waals surface area contributed by atoms with E-state index in [1.54, 1.807) is 12.1 Å². The zero-order chi connectivity index (χ0) is 13.3. The SMILES string of the molecule is CCC[C@@]1(Nc2nc3c(F)cccc3o2)CCOC1. The lowest BCUT2D eigenvalue weighted by molar-refractivity contribution is 0.179. The van der Waals surface area contributed by atoms with Crippen LogP contribution in [0.2, 0.25) is 0 Å². The van der Waals surface area contributed by atoms with Crippen LogP contribution in [0.25, 0.3) is 11.1 Å². The van der Waals surface area contributed by atoms with Gasteiger partial charge < -0.3 is 14.5 Å². The number of hydrogen-bond donors (Lipinski definition) is 1. The first kappa shape index (κ1) is 12.4. The van der Waals surface area contributed by atoms with E-state index in [1.165, 1.54) is 6.07 Å². The molecule has 2 heterocycles. The average Bonchev–Trinajstić information content (AvgIpc) is 2.98. The Morgan fingerprint density at radius 3 is 3.05 bits per heavy atom. The number of nitrogens with zero attached hydrogens (tertiary/aromatic N) is 1. The number of fused-ring (bicyclic) bond motifs is 1. The Hall–Kier alpha value is -1.62. The van der Waals surface area contributed by atoms with Crippen molar-refractivity contribution in [2.75, 3.05) is 18.5 Å². The van der Waals surface area contributed by atoms with E-state index in [9.17, 15) is 4.39 Å². The molecule has 2 aromatic rings. The summed E-state index contributed by atoms with van der Waals surface area (Å²) in [6, 6.07) is 5.09. The molecule has 3 rings (SSSR count). The molecule has 0 saturated carbocycles. The molecule has 5 heteroatoms. The maximum absolute atomic E-state index is 13.6. The number of anilines is 1. The van der Waals surface area contributed by atoms with Gasteiger partial charge in [0.1, 0.15) is 5.52 Å². The third-order valence-corrected chi connectivity index (χ3v) is 3.57. The second-order valence-corrected chi connectivity index (χ2v) is 5.06. The Labute approximate surface area is 111 Å². The topological polar surface area (TPSA) is 47.3 Å². The summed E-state index contributed by atoms with van der Waals surface area (Å²) >= 11 is 0. The fraction of sp³-hybridized carbons (Fsp3) is 0.500. The minimum atomic E-state index is -0.360. The van der Waals surface area contributed by atoms with Crippen molar-refractivity contribution < 1.29 is 13.5 Å².